The molecule has 0 aliphatic rings. The van der Waals surface area contributed by atoms with Crippen molar-refractivity contribution in [1.29, 1.82) is 0 Å². The normalized spacial score (nSPS) is 11.2. The van der Waals surface area contributed by atoms with Crippen LogP contribution in [0.4, 0.5) is 5.69 Å². The Morgan fingerprint density at radius 3 is 2.46 bits per heavy atom. The second-order valence-corrected chi connectivity index (χ2v) is 8.05. The quantitative estimate of drug-likeness (QED) is 0.727. The summed E-state index contributed by atoms with van der Waals surface area (Å²) >= 11 is 1.51. The fraction of sp³-hybridized carbons (Fsp3) is 0.444. The van der Waals surface area contributed by atoms with Crippen molar-refractivity contribution in [3.8, 4) is 0 Å². The fourth-order valence-corrected chi connectivity index (χ4v) is 2.78. The number of benzene rings is 1. The zero-order valence-corrected chi connectivity index (χ0v) is 16.4. The Morgan fingerprint density at radius 1 is 1.19 bits per heavy atom. The third kappa shape index (κ3) is 6.18. The Morgan fingerprint density at radius 2 is 1.88 bits per heavy atom. The Balaban J connectivity index is 1.73. The molecule has 0 bridgehead atoms. The Hall–Kier alpha value is -2.35. The lowest BCUT2D eigenvalue weighted by atomic mass is 9.96. The van der Waals surface area contributed by atoms with E-state index in [1.54, 1.807) is 6.33 Å². The predicted molar refractivity (Wildman–Crippen MR) is 102 cm³/mol. The second kappa shape index (κ2) is 8.84. The van der Waals surface area contributed by atoms with E-state index in [9.17, 15) is 9.59 Å². The van der Waals surface area contributed by atoms with Gasteiger partial charge in [-0.25, -0.2) is 0 Å². The van der Waals surface area contributed by atoms with E-state index in [-0.39, 0.29) is 11.8 Å². The van der Waals surface area contributed by atoms with Gasteiger partial charge in [0.25, 0.3) is 0 Å². The summed E-state index contributed by atoms with van der Waals surface area (Å²) in [5, 5.41) is 14.4. The number of hydrogen-bond acceptors (Lipinski definition) is 5. The number of nitrogens with zero attached hydrogens (tertiary/aromatic N) is 3. The number of carbonyl (C=O) groups is 2. The SMILES string of the molecule is Cn1cnnc1Sc1ccc(NC(=O)CCCNC(=O)C(C)(C)C)cc1. The number of anilines is 1. The van der Waals surface area contributed by atoms with Gasteiger partial charge in [0.1, 0.15) is 6.33 Å². The van der Waals surface area contributed by atoms with Crippen LogP contribution in [0.25, 0.3) is 0 Å². The average Bonchev–Trinajstić information content (AvgIpc) is 2.97. The summed E-state index contributed by atoms with van der Waals surface area (Å²) in [5.41, 5.74) is 0.337. The molecule has 8 heteroatoms. The zero-order chi connectivity index (χ0) is 19.2. The Labute approximate surface area is 158 Å². The number of amides is 2. The Kier molecular flexibility index (Phi) is 6.79. The summed E-state index contributed by atoms with van der Waals surface area (Å²) in [7, 11) is 1.89. The smallest absolute Gasteiger partial charge is 0.225 e. The molecule has 2 N–H and O–H groups in total. The highest BCUT2D eigenvalue weighted by Gasteiger charge is 2.20. The summed E-state index contributed by atoms with van der Waals surface area (Å²) < 4.78 is 1.85. The summed E-state index contributed by atoms with van der Waals surface area (Å²) in [6.07, 6.45) is 2.62. The van der Waals surface area contributed by atoms with Gasteiger partial charge >= 0.3 is 0 Å². The van der Waals surface area contributed by atoms with Crippen LogP contribution in [0, 0.1) is 5.41 Å². The molecule has 0 saturated heterocycles. The summed E-state index contributed by atoms with van der Waals surface area (Å²) in [6, 6.07) is 7.58. The third-order valence-electron chi connectivity index (χ3n) is 3.56. The van der Waals surface area contributed by atoms with E-state index in [2.05, 4.69) is 20.8 Å². The maximum absolute atomic E-state index is 12.0. The molecule has 140 valence electrons. The molecular weight excluding hydrogens is 350 g/mol. The molecule has 1 aromatic heterocycles. The highest BCUT2D eigenvalue weighted by molar-refractivity contribution is 7.99. The van der Waals surface area contributed by atoms with Crippen LogP contribution < -0.4 is 10.6 Å². The first-order valence-electron chi connectivity index (χ1n) is 8.46. The maximum atomic E-state index is 12.0. The average molecular weight is 375 g/mol. The fourth-order valence-electron chi connectivity index (χ4n) is 2.02. The second-order valence-electron chi connectivity index (χ2n) is 7.01. The van der Waals surface area contributed by atoms with Crippen molar-refractivity contribution in [2.45, 2.75) is 43.7 Å². The van der Waals surface area contributed by atoms with Crippen LogP contribution >= 0.6 is 11.8 Å². The van der Waals surface area contributed by atoms with Crippen molar-refractivity contribution in [3.63, 3.8) is 0 Å². The molecule has 0 aliphatic heterocycles. The third-order valence-corrected chi connectivity index (χ3v) is 4.62. The van der Waals surface area contributed by atoms with Crippen LogP contribution in [-0.2, 0) is 16.6 Å². The minimum atomic E-state index is -0.410. The molecule has 1 heterocycles. The molecule has 7 nitrogen and oxygen atoms in total. The highest BCUT2D eigenvalue weighted by Crippen LogP contribution is 2.26. The first-order valence-corrected chi connectivity index (χ1v) is 9.27. The first-order chi connectivity index (χ1) is 12.3. The van der Waals surface area contributed by atoms with E-state index in [1.165, 1.54) is 11.8 Å². The van der Waals surface area contributed by atoms with Gasteiger partial charge in [0.2, 0.25) is 11.8 Å². The van der Waals surface area contributed by atoms with Crippen LogP contribution in [-0.4, -0.2) is 33.1 Å². The van der Waals surface area contributed by atoms with Gasteiger partial charge < -0.3 is 15.2 Å². The van der Waals surface area contributed by atoms with Crippen molar-refractivity contribution in [3.05, 3.63) is 30.6 Å². The molecule has 0 fully saturated rings. The molecule has 2 rings (SSSR count). The lowest BCUT2D eigenvalue weighted by molar-refractivity contribution is -0.128. The van der Waals surface area contributed by atoms with Gasteiger partial charge in [-0.15, -0.1) is 10.2 Å². The van der Waals surface area contributed by atoms with Crippen LogP contribution in [0.5, 0.6) is 0 Å². The van der Waals surface area contributed by atoms with E-state index in [4.69, 9.17) is 0 Å². The predicted octanol–water partition coefficient (Wildman–Crippen LogP) is 2.85. The van der Waals surface area contributed by atoms with Gasteiger partial charge in [-0.1, -0.05) is 20.8 Å². The van der Waals surface area contributed by atoms with E-state index in [0.29, 0.717) is 19.4 Å². The van der Waals surface area contributed by atoms with Gasteiger partial charge in [-0.2, -0.15) is 0 Å². The summed E-state index contributed by atoms with van der Waals surface area (Å²) in [6.45, 7) is 6.08. The topological polar surface area (TPSA) is 88.9 Å². The zero-order valence-electron chi connectivity index (χ0n) is 15.6. The van der Waals surface area contributed by atoms with Crippen LogP contribution in [0.3, 0.4) is 0 Å². The highest BCUT2D eigenvalue weighted by atomic mass is 32.2. The van der Waals surface area contributed by atoms with E-state index in [0.717, 1.165) is 15.7 Å². The first kappa shape index (κ1) is 20.0. The van der Waals surface area contributed by atoms with Crippen molar-refractivity contribution >= 4 is 29.3 Å². The van der Waals surface area contributed by atoms with Gasteiger partial charge in [0.15, 0.2) is 5.16 Å². The molecule has 0 radical (unpaired) electrons. The van der Waals surface area contributed by atoms with Crippen LogP contribution in [0.15, 0.2) is 40.6 Å². The van der Waals surface area contributed by atoms with Crippen LogP contribution in [0.1, 0.15) is 33.6 Å². The van der Waals surface area contributed by atoms with Crippen molar-refractivity contribution in [2.24, 2.45) is 12.5 Å². The standard InChI is InChI=1S/C18H25N5O2S/c1-18(2,3)16(25)19-11-5-6-15(24)21-13-7-9-14(10-8-13)26-17-22-20-12-23(17)4/h7-10,12H,5-6,11H2,1-4H3,(H,19,25)(H,21,24). The van der Waals surface area contributed by atoms with E-state index >= 15 is 0 Å². The van der Waals surface area contributed by atoms with Crippen molar-refractivity contribution in [1.82, 2.24) is 20.1 Å². The van der Waals surface area contributed by atoms with Crippen molar-refractivity contribution in [2.75, 3.05) is 11.9 Å². The molecule has 2 amide bonds. The number of aromatic nitrogens is 3. The number of aryl methyl sites for hydroxylation is 1. The molecule has 2 aromatic rings. The molecule has 0 saturated carbocycles. The summed E-state index contributed by atoms with van der Waals surface area (Å²) in [5.74, 6) is -0.0716. The lowest BCUT2D eigenvalue weighted by Gasteiger charge is -2.17. The minimum absolute atomic E-state index is 0.00564. The lowest BCUT2D eigenvalue weighted by Crippen LogP contribution is -2.35. The summed E-state index contributed by atoms with van der Waals surface area (Å²) in [4.78, 5) is 24.8. The molecule has 0 aliphatic carbocycles. The van der Waals surface area contributed by atoms with E-state index in [1.807, 2.05) is 56.7 Å². The minimum Gasteiger partial charge on any atom is -0.356 e. The van der Waals surface area contributed by atoms with Gasteiger partial charge in [0.05, 0.1) is 0 Å². The number of hydrogen-bond donors (Lipinski definition) is 2. The molecule has 1 aromatic carbocycles. The van der Waals surface area contributed by atoms with Gasteiger partial charge in [-0.3, -0.25) is 9.59 Å². The number of nitrogens with one attached hydrogen (secondary N) is 2. The van der Waals surface area contributed by atoms with Gasteiger partial charge in [-0.05, 0) is 42.4 Å². The van der Waals surface area contributed by atoms with Crippen molar-refractivity contribution < 1.29 is 9.59 Å². The number of carbonyl (C=O) groups excluding carboxylic acids is 2. The molecule has 0 spiro atoms. The maximum Gasteiger partial charge on any atom is 0.225 e. The Bertz CT molecular complexity index is 750. The molecule has 0 unspecified atom stereocenters. The molecule has 0 atom stereocenters. The molecular formula is C18H25N5O2S. The monoisotopic (exact) mass is 375 g/mol. The largest absolute Gasteiger partial charge is 0.356 e. The van der Waals surface area contributed by atoms with E-state index < -0.39 is 5.41 Å². The number of rotatable bonds is 7. The van der Waals surface area contributed by atoms with Gasteiger partial charge in [0, 0.05) is 36.0 Å². The molecule has 26 heavy (non-hydrogen) atoms. The van der Waals surface area contributed by atoms with Crippen LogP contribution in [0.2, 0.25) is 0 Å².